The molecule has 0 aliphatic carbocycles. The molecule has 0 radical (unpaired) electrons. The zero-order chi connectivity index (χ0) is 22.6. The van der Waals surface area contributed by atoms with Gasteiger partial charge in [0.1, 0.15) is 18.5 Å². The smallest absolute Gasteiger partial charge is 0.119 e. The molecule has 0 spiro atoms. The van der Waals surface area contributed by atoms with E-state index < -0.39 is 6.10 Å². The van der Waals surface area contributed by atoms with Crippen LogP contribution in [0.5, 0.6) is 5.75 Å². The molecule has 4 aromatic rings. The number of fused-ring (bicyclic) bond motifs is 1. The monoisotopic (exact) mass is 438 g/mol. The molecule has 0 saturated carbocycles. The first-order chi connectivity index (χ1) is 16.2. The molecule has 33 heavy (non-hydrogen) atoms. The average molecular weight is 439 g/mol. The summed E-state index contributed by atoms with van der Waals surface area (Å²) in [6, 6.07) is 27.1. The van der Waals surface area contributed by atoms with Crippen LogP contribution in [0.25, 0.3) is 33.3 Å². The molecule has 2 heterocycles. The molecule has 0 bridgehead atoms. The summed E-state index contributed by atoms with van der Waals surface area (Å²) in [4.78, 5) is 7.27. The fourth-order valence-corrected chi connectivity index (χ4v) is 4.57. The molecule has 1 atom stereocenters. The second kappa shape index (κ2) is 9.74. The van der Waals surface area contributed by atoms with Crippen molar-refractivity contribution in [2.45, 2.75) is 25.9 Å². The number of hydrogen-bond donors (Lipinski definition) is 1. The molecule has 1 fully saturated rings. The summed E-state index contributed by atoms with van der Waals surface area (Å²) in [6.45, 7) is 5.24. The molecule has 1 aliphatic rings. The summed E-state index contributed by atoms with van der Waals surface area (Å²) in [6.07, 6.45) is 1.98. The van der Waals surface area contributed by atoms with Gasteiger partial charge in [-0.25, -0.2) is 4.98 Å². The summed E-state index contributed by atoms with van der Waals surface area (Å²) in [5.41, 5.74) is 6.54. The quantitative estimate of drug-likeness (QED) is 0.401. The molecule has 3 aromatic carbocycles. The Morgan fingerprint density at radius 1 is 0.909 bits per heavy atom. The predicted octanol–water partition coefficient (Wildman–Crippen LogP) is 5.71. The van der Waals surface area contributed by atoms with Crippen molar-refractivity contribution < 1.29 is 9.84 Å². The Morgan fingerprint density at radius 3 is 2.42 bits per heavy atom. The van der Waals surface area contributed by atoms with E-state index in [2.05, 4.69) is 60.4 Å². The lowest BCUT2D eigenvalue weighted by Crippen LogP contribution is -2.33. The Labute approximate surface area is 195 Å². The number of aryl methyl sites for hydroxylation is 1. The van der Waals surface area contributed by atoms with Crippen molar-refractivity contribution in [3.63, 3.8) is 0 Å². The lowest BCUT2D eigenvalue weighted by atomic mass is 9.97. The van der Waals surface area contributed by atoms with Gasteiger partial charge < -0.3 is 14.7 Å². The summed E-state index contributed by atoms with van der Waals surface area (Å²) >= 11 is 0. The van der Waals surface area contributed by atoms with Crippen molar-refractivity contribution in [3.05, 3.63) is 84.4 Å². The molecule has 1 unspecified atom stereocenters. The van der Waals surface area contributed by atoms with Crippen LogP contribution >= 0.6 is 0 Å². The predicted molar refractivity (Wildman–Crippen MR) is 135 cm³/mol. The zero-order valence-corrected chi connectivity index (χ0v) is 19.1. The lowest BCUT2D eigenvalue weighted by molar-refractivity contribution is 0.0758. The van der Waals surface area contributed by atoms with Gasteiger partial charge in [0, 0.05) is 17.5 Å². The van der Waals surface area contributed by atoms with Crippen LogP contribution in [0, 0.1) is 6.92 Å². The lowest BCUT2D eigenvalue weighted by Gasteiger charge is -2.19. The minimum absolute atomic E-state index is 0.307. The van der Waals surface area contributed by atoms with E-state index in [1.54, 1.807) is 0 Å². The van der Waals surface area contributed by atoms with Gasteiger partial charge in [0.15, 0.2) is 0 Å². The van der Waals surface area contributed by atoms with Crippen molar-refractivity contribution in [1.82, 2.24) is 9.88 Å². The van der Waals surface area contributed by atoms with Gasteiger partial charge in [-0.2, -0.15) is 0 Å². The second-order valence-corrected chi connectivity index (χ2v) is 8.94. The van der Waals surface area contributed by atoms with E-state index in [4.69, 9.17) is 9.72 Å². The molecule has 1 N–H and O–H groups in total. The second-order valence-electron chi connectivity index (χ2n) is 8.94. The van der Waals surface area contributed by atoms with Gasteiger partial charge in [0.25, 0.3) is 0 Å². The van der Waals surface area contributed by atoms with Crippen molar-refractivity contribution in [2.75, 3.05) is 26.2 Å². The third kappa shape index (κ3) is 5.08. The van der Waals surface area contributed by atoms with E-state index in [0.29, 0.717) is 13.2 Å². The van der Waals surface area contributed by atoms with E-state index >= 15 is 0 Å². The average Bonchev–Trinajstić information content (AvgIpc) is 3.36. The molecule has 4 heteroatoms. The maximum absolute atomic E-state index is 10.3. The molecule has 1 aromatic heterocycles. The van der Waals surface area contributed by atoms with E-state index in [-0.39, 0.29) is 0 Å². The molecular weight excluding hydrogens is 408 g/mol. The number of benzene rings is 3. The van der Waals surface area contributed by atoms with Crippen molar-refractivity contribution in [1.29, 1.82) is 0 Å². The topological polar surface area (TPSA) is 45.6 Å². The highest BCUT2D eigenvalue weighted by molar-refractivity contribution is 5.97. The number of aliphatic hydroxyl groups is 1. The van der Waals surface area contributed by atoms with Crippen LogP contribution in [0.2, 0.25) is 0 Å². The molecule has 4 nitrogen and oxygen atoms in total. The van der Waals surface area contributed by atoms with Crippen LogP contribution in [0.1, 0.15) is 18.4 Å². The van der Waals surface area contributed by atoms with Gasteiger partial charge in [-0.05, 0) is 85.9 Å². The Hall–Kier alpha value is -3.21. The number of aliphatic hydroxyl groups excluding tert-OH is 1. The SMILES string of the molecule is Cc1ccc2c(-c3ccccc3)cc(-c3ccc(OCC(O)CN4CCCC4)cc3)nc2c1. The molecule has 1 saturated heterocycles. The van der Waals surface area contributed by atoms with Gasteiger partial charge in [-0.3, -0.25) is 0 Å². The maximum atomic E-state index is 10.3. The Morgan fingerprint density at radius 2 is 1.67 bits per heavy atom. The summed E-state index contributed by atoms with van der Waals surface area (Å²) < 4.78 is 5.85. The summed E-state index contributed by atoms with van der Waals surface area (Å²) in [7, 11) is 0. The van der Waals surface area contributed by atoms with Gasteiger partial charge >= 0.3 is 0 Å². The Balaban J connectivity index is 1.37. The van der Waals surface area contributed by atoms with Crippen LogP contribution in [-0.4, -0.2) is 47.3 Å². The van der Waals surface area contributed by atoms with Gasteiger partial charge in [-0.15, -0.1) is 0 Å². The van der Waals surface area contributed by atoms with Crippen LogP contribution in [0.3, 0.4) is 0 Å². The van der Waals surface area contributed by atoms with Crippen LogP contribution < -0.4 is 4.74 Å². The van der Waals surface area contributed by atoms with Crippen molar-refractivity contribution in [2.24, 2.45) is 0 Å². The molecule has 0 amide bonds. The standard InChI is InChI=1S/C29H30N2O2/c1-21-9-14-26-27(22-7-3-2-4-8-22)18-28(30-29(26)17-21)23-10-12-25(13-11-23)33-20-24(32)19-31-15-5-6-16-31/h2-4,7-14,17-18,24,32H,5-6,15-16,19-20H2,1H3. The number of β-amino-alcohol motifs (C(OH)–C–C–N with tert-alkyl or cyclic N) is 1. The fraction of sp³-hybridized carbons (Fsp3) is 0.276. The van der Waals surface area contributed by atoms with Crippen molar-refractivity contribution >= 4 is 10.9 Å². The Kier molecular flexibility index (Phi) is 6.38. The number of pyridine rings is 1. The Bertz CT molecular complexity index is 1220. The molecule has 168 valence electrons. The first-order valence-electron chi connectivity index (χ1n) is 11.8. The van der Waals surface area contributed by atoms with E-state index in [0.717, 1.165) is 41.0 Å². The number of hydrogen-bond acceptors (Lipinski definition) is 4. The largest absolute Gasteiger partial charge is 0.491 e. The number of rotatable bonds is 7. The third-order valence-electron chi connectivity index (χ3n) is 6.31. The van der Waals surface area contributed by atoms with Crippen LogP contribution in [0.15, 0.2) is 78.9 Å². The normalized spacial score (nSPS) is 15.1. The summed E-state index contributed by atoms with van der Waals surface area (Å²) in [5, 5.41) is 11.4. The zero-order valence-electron chi connectivity index (χ0n) is 19.1. The number of nitrogens with zero attached hydrogens (tertiary/aromatic N) is 2. The number of likely N-dealkylation sites (tertiary alicyclic amines) is 1. The molecule has 1 aliphatic heterocycles. The van der Waals surface area contributed by atoms with Crippen LogP contribution in [0.4, 0.5) is 0 Å². The van der Waals surface area contributed by atoms with E-state index in [9.17, 15) is 5.11 Å². The van der Waals surface area contributed by atoms with Crippen molar-refractivity contribution in [3.8, 4) is 28.1 Å². The minimum atomic E-state index is -0.471. The van der Waals surface area contributed by atoms with Gasteiger partial charge in [-0.1, -0.05) is 42.5 Å². The maximum Gasteiger partial charge on any atom is 0.119 e. The highest BCUT2D eigenvalue weighted by Gasteiger charge is 2.16. The summed E-state index contributed by atoms with van der Waals surface area (Å²) in [5.74, 6) is 0.763. The van der Waals surface area contributed by atoms with Gasteiger partial charge in [0.05, 0.1) is 11.2 Å². The number of aromatic nitrogens is 1. The number of ether oxygens (including phenoxy) is 1. The molecular formula is C29H30N2O2. The van der Waals surface area contributed by atoms with Crippen LogP contribution in [-0.2, 0) is 0 Å². The molecule has 5 rings (SSSR count). The fourth-order valence-electron chi connectivity index (χ4n) is 4.57. The minimum Gasteiger partial charge on any atom is -0.491 e. The first-order valence-corrected chi connectivity index (χ1v) is 11.8. The van der Waals surface area contributed by atoms with E-state index in [1.165, 1.54) is 29.5 Å². The third-order valence-corrected chi connectivity index (χ3v) is 6.31. The van der Waals surface area contributed by atoms with Gasteiger partial charge in [0.2, 0.25) is 0 Å². The first kappa shape index (κ1) is 21.6. The highest BCUT2D eigenvalue weighted by atomic mass is 16.5. The van der Waals surface area contributed by atoms with E-state index in [1.807, 2.05) is 30.3 Å². The highest BCUT2D eigenvalue weighted by Crippen LogP contribution is 2.33.